The summed E-state index contributed by atoms with van der Waals surface area (Å²) in [6.07, 6.45) is 4.96. The molecule has 3 heteroatoms. The molecule has 0 aromatic rings. The molecular formula is C8H18O2S. The van der Waals surface area contributed by atoms with E-state index in [1.54, 1.807) is 0 Å². The summed E-state index contributed by atoms with van der Waals surface area (Å²) in [7, 11) is 0. The number of hydrogen-bond donors (Lipinski definition) is 1. The molecule has 0 fully saturated rings. The van der Waals surface area contributed by atoms with Gasteiger partial charge in [-0.15, -0.1) is 0 Å². The molecule has 0 radical (unpaired) electrons. The minimum absolute atomic E-state index is 0.701. The van der Waals surface area contributed by atoms with Gasteiger partial charge in [-0.05, 0) is 12.3 Å². The van der Waals surface area contributed by atoms with Crippen LogP contribution in [-0.2, 0) is 4.33 Å². The first-order valence-electron chi connectivity index (χ1n) is 4.28. The van der Waals surface area contributed by atoms with Gasteiger partial charge >= 0.3 is 0 Å². The molecule has 0 aromatic heterocycles. The summed E-state index contributed by atoms with van der Waals surface area (Å²) in [5.41, 5.74) is 0. The first kappa shape index (κ1) is 11.3. The van der Waals surface area contributed by atoms with Crippen molar-refractivity contribution in [3.8, 4) is 0 Å². The van der Waals surface area contributed by atoms with Crippen LogP contribution < -0.4 is 0 Å². The van der Waals surface area contributed by atoms with E-state index in [4.69, 9.17) is 5.26 Å². The molecule has 2 nitrogen and oxygen atoms in total. The Balaban J connectivity index is 3.25. The van der Waals surface area contributed by atoms with Gasteiger partial charge in [-0.1, -0.05) is 33.1 Å². The van der Waals surface area contributed by atoms with Crippen LogP contribution in [-0.4, -0.2) is 11.0 Å². The van der Waals surface area contributed by atoms with Gasteiger partial charge in [0, 0.05) is 17.8 Å². The fourth-order valence-electron chi connectivity index (χ4n) is 1.02. The van der Waals surface area contributed by atoms with Crippen LogP contribution in [0.25, 0.3) is 0 Å². The van der Waals surface area contributed by atoms with Gasteiger partial charge in [0.25, 0.3) is 0 Å². The second-order valence-corrected chi connectivity index (χ2v) is 3.49. The topological polar surface area (TPSA) is 29.5 Å². The third-order valence-electron chi connectivity index (χ3n) is 1.90. The minimum atomic E-state index is 0.701. The summed E-state index contributed by atoms with van der Waals surface area (Å²) in [6.45, 7) is 4.38. The smallest absolute Gasteiger partial charge is 0.0314 e. The van der Waals surface area contributed by atoms with Crippen molar-refractivity contribution in [1.29, 1.82) is 0 Å². The average Bonchev–Trinajstić information content (AvgIpc) is 2.05. The van der Waals surface area contributed by atoms with Crippen molar-refractivity contribution in [2.45, 2.75) is 39.5 Å². The summed E-state index contributed by atoms with van der Waals surface area (Å²) >= 11 is 1.15. The van der Waals surface area contributed by atoms with Gasteiger partial charge < -0.3 is 0 Å². The lowest BCUT2D eigenvalue weighted by Gasteiger charge is -2.11. The highest BCUT2D eigenvalue weighted by Crippen LogP contribution is 2.17. The summed E-state index contributed by atoms with van der Waals surface area (Å²) in [5, 5.41) is 8.10. The van der Waals surface area contributed by atoms with Gasteiger partial charge in [0.15, 0.2) is 0 Å². The Morgan fingerprint density at radius 2 is 2.18 bits per heavy atom. The molecule has 0 aliphatic heterocycles. The zero-order valence-corrected chi connectivity index (χ0v) is 8.19. The fraction of sp³-hybridized carbons (Fsp3) is 1.00. The van der Waals surface area contributed by atoms with Crippen LogP contribution >= 0.6 is 12.0 Å². The maximum absolute atomic E-state index is 8.10. The van der Waals surface area contributed by atoms with E-state index in [0.29, 0.717) is 5.92 Å². The standard InChI is InChI=1S/C8H18O2S/c1-3-5-6-8(4-2)7-11-10-9/h8-9H,3-7H2,1-2H3. The van der Waals surface area contributed by atoms with Crippen molar-refractivity contribution >= 4 is 12.0 Å². The predicted molar refractivity (Wildman–Crippen MR) is 49.5 cm³/mol. The van der Waals surface area contributed by atoms with Gasteiger partial charge in [0.05, 0.1) is 0 Å². The Morgan fingerprint density at radius 3 is 2.64 bits per heavy atom. The van der Waals surface area contributed by atoms with Crippen LogP contribution in [0.15, 0.2) is 0 Å². The van der Waals surface area contributed by atoms with Crippen molar-refractivity contribution in [1.82, 2.24) is 0 Å². The first-order chi connectivity index (χ1) is 5.35. The van der Waals surface area contributed by atoms with Gasteiger partial charge in [0.1, 0.15) is 0 Å². The van der Waals surface area contributed by atoms with Gasteiger partial charge in [-0.2, -0.15) is 4.33 Å². The third-order valence-corrected chi connectivity index (χ3v) is 2.61. The van der Waals surface area contributed by atoms with Crippen molar-refractivity contribution in [2.24, 2.45) is 5.92 Å². The van der Waals surface area contributed by atoms with Crippen LogP contribution in [0.3, 0.4) is 0 Å². The minimum Gasteiger partial charge on any atom is -0.239 e. The van der Waals surface area contributed by atoms with Crippen molar-refractivity contribution in [3.63, 3.8) is 0 Å². The summed E-state index contributed by atoms with van der Waals surface area (Å²) < 4.78 is 3.97. The molecular weight excluding hydrogens is 160 g/mol. The molecule has 1 unspecified atom stereocenters. The Labute approximate surface area is 73.5 Å². The van der Waals surface area contributed by atoms with Gasteiger partial charge in [0.2, 0.25) is 0 Å². The molecule has 0 aromatic carbocycles. The molecule has 1 N–H and O–H groups in total. The molecule has 0 amide bonds. The van der Waals surface area contributed by atoms with Crippen LogP contribution in [0.5, 0.6) is 0 Å². The van der Waals surface area contributed by atoms with E-state index in [2.05, 4.69) is 18.2 Å². The monoisotopic (exact) mass is 178 g/mol. The molecule has 0 heterocycles. The number of unbranched alkanes of at least 4 members (excludes halogenated alkanes) is 1. The SMILES string of the molecule is CCCCC(CC)CSOO. The van der Waals surface area contributed by atoms with E-state index in [9.17, 15) is 0 Å². The highest BCUT2D eigenvalue weighted by Gasteiger charge is 2.05. The molecule has 0 saturated carbocycles. The summed E-state index contributed by atoms with van der Waals surface area (Å²) in [4.78, 5) is 0. The van der Waals surface area contributed by atoms with Crippen LogP contribution in [0.4, 0.5) is 0 Å². The number of rotatable bonds is 7. The highest BCUT2D eigenvalue weighted by atomic mass is 32.2. The molecule has 0 saturated heterocycles. The average molecular weight is 178 g/mol. The summed E-state index contributed by atoms with van der Waals surface area (Å²) in [5.74, 6) is 1.61. The van der Waals surface area contributed by atoms with Crippen LogP contribution in [0, 0.1) is 5.92 Å². The van der Waals surface area contributed by atoms with Crippen molar-refractivity contribution in [2.75, 3.05) is 5.75 Å². The third kappa shape index (κ3) is 6.66. The Bertz CT molecular complexity index is 70.5. The van der Waals surface area contributed by atoms with E-state index in [1.165, 1.54) is 25.7 Å². The fourth-order valence-corrected chi connectivity index (χ4v) is 1.68. The van der Waals surface area contributed by atoms with E-state index in [-0.39, 0.29) is 0 Å². The molecule has 0 rings (SSSR count). The molecule has 0 spiro atoms. The van der Waals surface area contributed by atoms with Gasteiger partial charge in [-0.25, -0.2) is 5.26 Å². The lowest BCUT2D eigenvalue weighted by molar-refractivity contribution is -0.116. The zero-order chi connectivity index (χ0) is 8.53. The molecule has 1 atom stereocenters. The van der Waals surface area contributed by atoms with Crippen LogP contribution in [0.1, 0.15) is 39.5 Å². The normalized spacial score (nSPS) is 13.4. The van der Waals surface area contributed by atoms with Crippen LogP contribution in [0.2, 0.25) is 0 Å². The maximum atomic E-state index is 8.10. The molecule has 0 aliphatic rings. The Morgan fingerprint density at radius 1 is 1.45 bits per heavy atom. The zero-order valence-electron chi connectivity index (χ0n) is 7.38. The van der Waals surface area contributed by atoms with E-state index < -0.39 is 0 Å². The highest BCUT2D eigenvalue weighted by molar-refractivity contribution is 7.94. The van der Waals surface area contributed by atoms with Gasteiger partial charge in [-0.3, -0.25) is 0 Å². The lowest BCUT2D eigenvalue weighted by atomic mass is 10.0. The molecule has 0 bridgehead atoms. The predicted octanol–water partition coefficient (Wildman–Crippen LogP) is 3.34. The van der Waals surface area contributed by atoms with E-state index in [1.807, 2.05) is 0 Å². The second kappa shape index (κ2) is 8.37. The van der Waals surface area contributed by atoms with Crippen molar-refractivity contribution < 1.29 is 9.59 Å². The van der Waals surface area contributed by atoms with Crippen molar-refractivity contribution in [3.05, 3.63) is 0 Å². The maximum Gasteiger partial charge on any atom is 0.0314 e. The second-order valence-electron chi connectivity index (χ2n) is 2.78. The first-order valence-corrected chi connectivity index (χ1v) is 5.19. The lowest BCUT2D eigenvalue weighted by Crippen LogP contribution is -2.02. The quantitative estimate of drug-likeness (QED) is 0.368. The summed E-state index contributed by atoms with van der Waals surface area (Å²) in [6, 6.07) is 0. The van der Waals surface area contributed by atoms with E-state index >= 15 is 0 Å². The van der Waals surface area contributed by atoms with E-state index in [0.717, 1.165) is 17.8 Å². The molecule has 11 heavy (non-hydrogen) atoms. The Kier molecular flexibility index (Phi) is 8.57. The molecule has 68 valence electrons. The molecule has 0 aliphatic carbocycles. The largest absolute Gasteiger partial charge is 0.239 e. The number of hydrogen-bond acceptors (Lipinski definition) is 3. The Hall–Kier alpha value is 0.270.